The van der Waals surface area contributed by atoms with Crippen LogP contribution in [0, 0.1) is 5.92 Å². The fourth-order valence-electron chi connectivity index (χ4n) is 2.12. The van der Waals surface area contributed by atoms with Gasteiger partial charge in [0, 0.05) is 12.1 Å². The molecule has 9 heteroatoms. The van der Waals surface area contributed by atoms with Gasteiger partial charge in [0.25, 0.3) is 5.91 Å². The van der Waals surface area contributed by atoms with Crippen LogP contribution in [-0.2, 0) is 14.8 Å². The van der Waals surface area contributed by atoms with Gasteiger partial charge in [-0.1, -0.05) is 13.3 Å². The summed E-state index contributed by atoms with van der Waals surface area (Å²) in [4.78, 5) is 23.1. The summed E-state index contributed by atoms with van der Waals surface area (Å²) in [5.41, 5.74) is 0.102. The third-order valence-electron chi connectivity index (χ3n) is 3.48. The first-order chi connectivity index (χ1) is 11.3. The van der Waals surface area contributed by atoms with E-state index in [1.54, 1.807) is 0 Å². The highest BCUT2D eigenvalue weighted by Crippen LogP contribution is 2.24. The van der Waals surface area contributed by atoms with Gasteiger partial charge in [0.15, 0.2) is 0 Å². The molecule has 1 rings (SSSR count). The lowest BCUT2D eigenvalue weighted by atomic mass is 10.0. The van der Waals surface area contributed by atoms with Crippen molar-refractivity contribution in [1.29, 1.82) is 0 Å². The van der Waals surface area contributed by atoms with E-state index in [0.29, 0.717) is 12.8 Å². The Kier molecular flexibility index (Phi) is 7.18. The molecule has 3 N–H and O–H groups in total. The fraction of sp³-hybridized carbons (Fsp3) is 0.467. The van der Waals surface area contributed by atoms with Gasteiger partial charge in [0.1, 0.15) is 10.6 Å². The van der Waals surface area contributed by atoms with Crippen LogP contribution in [0.3, 0.4) is 0 Å². The third kappa shape index (κ3) is 4.93. The number of hydrogen-bond donors (Lipinski definition) is 3. The Morgan fingerprint density at radius 2 is 2.00 bits per heavy atom. The molecule has 1 aromatic carbocycles. The monoisotopic (exact) mass is 358 g/mol. The van der Waals surface area contributed by atoms with Gasteiger partial charge < -0.3 is 15.2 Å². The molecule has 134 valence electrons. The summed E-state index contributed by atoms with van der Waals surface area (Å²) in [6.07, 6.45) is 1.12. The Balaban J connectivity index is 3.00. The highest BCUT2D eigenvalue weighted by atomic mass is 32.2. The number of amides is 1. The van der Waals surface area contributed by atoms with E-state index in [0.717, 1.165) is 0 Å². The molecule has 0 heterocycles. The van der Waals surface area contributed by atoms with Crippen LogP contribution >= 0.6 is 0 Å². The second-order valence-corrected chi connectivity index (χ2v) is 6.96. The van der Waals surface area contributed by atoms with Crippen LogP contribution in [0.2, 0.25) is 0 Å². The minimum atomic E-state index is -3.80. The lowest BCUT2D eigenvalue weighted by Gasteiger charge is -2.14. The van der Waals surface area contributed by atoms with Gasteiger partial charge in [0.05, 0.1) is 13.0 Å². The zero-order valence-electron chi connectivity index (χ0n) is 13.8. The van der Waals surface area contributed by atoms with E-state index in [-0.39, 0.29) is 22.8 Å². The number of aliphatic carboxylic acids is 1. The first-order valence-corrected chi connectivity index (χ1v) is 8.87. The van der Waals surface area contributed by atoms with Gasteiger partial charge in [-0.2, -0.15) is 0 Å². The van der Waals surface area contributed by atoms with Crippen LogP contribution in [0.15, 0.2) is 23.1 Å². The topological polar surface area (TPSA) is 122 Å². The molecular formula is C15H22N2O6S. The van der Waals surface area contributed by atoms with Crippen molar-refractivity contribution in [2.24, 2.45) is 5.92 Å². The Morgan fingerprint density at radius 1 is 1.33 bits per heavy atom. The smallest absolute Gasteiger partial charge is 0.308 e. The van der Waals surface area contributed by atoms with E-state index in [2.05, 4.69) is 10.0 Å². The molecule has 1 unspecified atom stereocenters. The maximum Gasteiger partial charge on any atom is 0.308 e. The zero-order chi connectivity index (χ0) is 18.3. The minimum Gasteiger partial charge on any atom is -0.495 e. The Labute approximate surface area is 141 Å². The summed E-state index contributed by atoms with van der Waals surface area (Å²) in [6.45, 7) is 1.83. The van der Waals surface area contributed by atoms with Crippen LogP contribution in [0.1, 0.15) is 30.1 Å². The number of sulfonamides is 1. The predicted octanol–water partition coefficient (Wildman–Crippen LogP) is 0.834. The van der Waals surface area contributed by atoms with Crippen molar-refractivity contribution in [3.05, 3.63) is 23.8 Å². The Bertz CT molecular complexity index is 702. The minimum absolute atomic E-state index is 0.0256. The summed E-state index contributed by atoms with van der Waals surface area (Å²) < 4.78 is 31.2. The molecule has 0 fully saturated rings. The van der Waals surface area contributed by atoms with E-state index >= 15 is 0 Å². The van der Waals surface area contributed by atoms with Crippen molar-refractivity contribution in [3.8, 4) is 5.75 Å². The van der Waals surface area contributed by atoms with E-state index in [1.165, 1.54) is 32.4 Å². The van der Waals surface area contributed by atoms with E-state index < -0.39 is 27.8 Å². The van der Waals surface area contributed by atoms with Crippen LogP contribution in [0.4, 0.5) is 0 Å². The molecule has 0 radical (unpaired) electrons. The average molecular weight is 358 g/mol. The number of hydrogen-bond acceptors (Lipinski definition) is 5. The van der Waals surface area contributed by atoms with Crippen LogP contribution < -0.4 is 14.8 Å². The molecule has 24 heavy (non-hydrogen) atoms. The summed E-state index contributed by atoms with van der Waals surface area (Å²) in [5.74, 6) is -2.11. The van der Waals surface area contributed by atoms with Crippen LogP contribution in [0.5, 0.6) is 5.75 Å². The second-order valence-electron chi connectivity index (χ2n) is 5.11. The molecule has 1 aromatic rings. The van der Waals surface area contributed by atoms with Gasteiger partial charge >= 0.3 is 5.97 Å². The number of ether oxygens (including phenoxy) is 1. The number of carbonyl (C=O) groups excluding carboxylic acids is 1. The molecule has 0 aliphatic carbocycles. The molecule has 0 saturated heterocycles. The number of nitrogens with one attached hydrogen (secondary N) is 2. The number of carbonyl (C=O) groups is 2. The van der Waals surface area contributed by atoms with E-state index in [9.17, 15) is 18.0 Å². The van der Waals surface area contributed by atoms with E-state index in [4.69, 9.17) is 9.84 Å². The summed E-state index contributed by atoms with van der Waals surface area (Å²) >= 11 is 0. The number of carboxylic acid groups (broad SMARTS) is 1. The van der Waals surface area contributed by atoms with Crippen molar-refractivity contribution < 1.29 is 27.9 Å². The predicted molar refractivity (Wildman–Crippen MR) is 87.6 cm³/mol. The normalized spacial score (nSPS) is 12.5. The van der Waals surface area contributed by atoms with Crippen molar-refractivity contribution >= 4 is 21.9 Å². The largest absolute Gasteiger partial charge is 0.495 e. The molecule has 0 spiro atoms. The number of methoxy groups -OCH3 is 1. The maximum atomic E-state index is 12.2. The molecule has 1 atom stereocenters. The van der Waals surface area contributed by atoms with Gasteiger partial charge in [0.2, 0.25) is 10.0 Å². The van der Waals surface area contributed by atoms with Gasteiger partial charge in [-0.15, -0.1) is 0 Å². The molecule has 0 bridgehead atoms. The van der Waals surface area contributed by atoms with Crippen molar-refractivity contribution in [1.82, 2.24) is 10.0 Å². The van der Waals surface area contributed by atoms with Gasteiger partial charge in [-0.05, 0) is 31.7 Å². The maximum absolute atomic E-state index is 12.2. The number of benzene rings is 1. The quantitative estimate of drug-likeness (QED) is 0.601. The fourth-order valence-corrected chi connectivity index (χ4v) is 3.04. The standard InChI is InChI=1S/C15H22N2O6S/c1-4-5-11(15(19)20)9-17-14(18)10-6-7-12(23-3)13(8-10)24(21,22)16-2/h6-8,11,16H,4-5,9H2,1-3H3,(H,17,18)(H,19,20). The average Bonchev–Trinajstić information content (AvgIpc) is 2.57. The lowest BCUT2D eigenvalue weighted by Crippen LogP contribution is -2.33. The van der Waals surface area contributed by atoms with Gasteiger partial charge in [-0.3, -0.25) is 9.59 Å². The number of carboxylic acids is 1. The molecule has 1 amide bonds. The van der Waals surface area contributed by atoms with E-state index in [1.807, 2.05) is 6.92 Å². The number of rotatable bonds is 9. The lowest BCUT2D eigenvalue weighted by molar-refractivity contribution is -0.141. The highest BCUT2D eigenvalue weighted by molar-refractivity contribution is 7.89. The zero-order valence-corrected chi connectivity index (χ0v) is 14.6. The first kappa shape index (κ1) is 19.9. The summed E-state index contributed by atoms with van der Waals surface area (Å²) in [6, 6.07) is 3.98. The van der Waals surface area contributed by atoms with Crippen molar-refractivity contribution in [2.45, 2.75) is 24.7 Å². The molecule has 0 saturated carbocycles. The summed E-state index contributed by atoms with van der Waals surface area (Å²) in [5, 5.41) is 11.6. The second kappa shape index (κ2) is 8.65. The van der Waals surface area contributed by atoms with Crippen molar-refractivity contribution in [3.63, 3.8) is 0 Å². The third-order valence-corrected chi connectivity index (χ3v) is 4.91. The molecule has 0 aliphatic rings. The SMILES string of the molecule is CCCC(CNC(=O)c1ccc(OC)c(S(=O)(=O)NC)c1)C(=O)O. The van der Waals surface area contributed by atoms with Crippen LogP contribution in [0.25, 0.3) is 0 Å². The Hall–Kier alpha value is -2.13. The first-order valence-electron chi connectivity index (χ1n) is 7.39. The van der Waals surface area contributed by atoms with Gasteiger partial charge in [-0.25, -0.2) is 13.1 Å². The van der Waals surface area contributed by atoms with Crippen LogP contribution in [-0.4, -0.2) is 46.1 Å². The highest BCUT2D eigenvalue weighted by Gasteiger charge is 2.21. The molecule has 8 nitrogen and oxygen atoms in total. The molecule has 0 aliphatic heterocycles. The van der Waals surface area contributed by atoms with Crippen molar-refractivity contribution in [2.75, 3.05) is 20.7 Å². The molecule has 0 aromatic heterocycles. The Morgan fingerprint density at radius 3 is 2.50 bits per heavy atom. The summed E-state index contributed by atoms with van der Waals surface area (Å²) in [7, 11) is -1.22. The molecular weight excluding hydrogens is 336 g/mol.